The summed E-state index contributed by atoms with van der Waals surface area (Å²) >= 11 is 5.91. The van der Waals surface area contributed by atoms with Crippen LogP contribution >= 0.6 is 11.6 Å². The molecule has 0 saturated heterocycles. The Morgan fingerprint density at radius 2 is 2.00 bits per heavy atom. The number of carboxylic acid groups (broad SMARTS) is 1. The number of H-pyrrole nitrogens is 1. The number of ether oxygens (including phenoxy) is 1. The first-order valence-electron chi connectivity index (χ1n) is 7.36. The van der Waals surface area contributed by atoms with Crippen molar-refractivity contribution in [3.05, 3.63) is 64.8 Å². The number of aromatic nitrogens is 1. The van der Waals surface area contributed by atoms with Crippen molar-refractivity contribution in [2.45, 2.75) is 12.8 Å². The summed E-state index contributed by atoms with van der Waals surface area (Å²) in [6, 6.07) is 14.8. The monoisotopic (exact) mass is 329 g/mol. The first-order chi connectivity index (χ1) is 11.1. The van der Waals surface area contributed by atoms with E-state index in [0.29, 0.717) is 24.5 Å². The highest BCUT2D eigenvalue weighted by Gasteiger charge is 2.16. The SMILES string of the molecule is O=C(O)c1[nH]c2ccccc2c1CCCOc1cccc(Cl)c1. The van der Waals surface area contributed by atoms with Crippen LogP contribution in [-0.4, -0.2) is 22.7 Å². The topological polar surface area (TPSA) is 62.3 Å². The fourth-order valence-electron chi connectivity index (χ4n) is 2.64. The lowest BCUT2D eigenvalue weighted by molar-refractivity contribution is 0.0690. The summed E-state index contributed by atoms with van der Waals surface area (Å²) in [5.41, 5.74) is 1.92. The molecule has 0 aliphatic rings. The predicted octanol–water partition coefficient (Wildman–Crippen LogP) is 4.53. The Morgan fingerprint density at radius 1 is 1.17 bits per heavy atom. The van der Waals surface area contributed by atoms with Crippen molar-refractivity contribution in [3.63, 3.8) is 0 Å². The van der Waals surface area contributed by atoms with Gasteiger partial charge >= 0.3 is 5.97 Å². The molecule has 23 heavy (non-hydrogen) atoms. The number of rotatable bonds is 6. The standard InChI is InChI=1S/C18H16ClNO3/c19-12-5-3-6-13(11-12)23-10-4-8-15-14-7-1-2-9-16(14)20-17(15)18(21)22/h1-3,5-7,9,11,20H,4,8,10H2,(H,21,22). The lowest BCUT2D eigenvalue weighted by Gasteiger charge is -2.06. The van der Waals surface area contributed by atoms with Gasteiger partial charge in [-0.25, -0.2) is 4.79 Å². The third-order valence-electron chi connectivity index (χ3n) is 3.66. The molecule has 0 atom stereocenters. The number of fused-ring (bicyclic) bond motifs is 1. The van der Waals surface area contributed by atoms with Crippen molar-refractivity contribution >= 4 is 28.5 Å². The Kier molecular flexibility index (Phi) is 4.53. The molecule has 0 radical (unpaired) electrons. The molecule has 1 aromatic heterocycles. The zero-order valence-electron chi connectivity index (χ0n) is 12.4. The Hall–Kier alpha value is -2.46. The molecular weight excluding hydrogens is 314 g/mol. The fourth-order valence-corrected chi connectivity index (χ4v) is 2.82. The van der Waals surface area contributed by atoms with Crippen molar-refractivity contribution < 1.29 is 14.6 Å². The quantitative estimate of drug-likeness (QED) is 0.653. The highest BCUT2D eigenvalue weighted by atomic mass is 35.5. The minimum absolute atomic E-state index is 0.258. The average molecular weight is 330 g/mol. The van der Waals surface area contributed by atoms with E-state index in [-0.39, 0.29) is 5.69 Å². The smallest absolute Gasteiger partial charge is 0.352 e. The molecule has 2 N–H and O–H groups in total. The van der Waals surface area contributed by atoms with Crippen LogP contribution in [0.15, 0.2) is 48.5 Å². The van der Waals surface area contributed by atoms with Crippen LogP contribution in [0.5, 0.6) is 5.75 Å². The molecule has 1 heterocycles. The minimum atomic E-state index is -0.938. The third kappa shape index (κ3) is 3.48. The summed E-state index contributed by atoms with van der Waals surface area (Å²) < 4.78 is 5.66. The van der Waals surface area contributed by atoms with Gasteiger partial charge in [-0.2, -0.15) is 0 Å². The van der Waals surface area contributed by atoms with Gasteiger partial charge in [0.25, 0.3) is 0 Å². The fraction of sp³-hybridized carbons (Fsp3) is 0.167. The molecule has 0 spiro atoms. The molecule has 5 heteroatoms. The molecule has 2 aromatic carbocycles. The molecule has 0 bridgehead atoms. The zero-order valence-corrected chi connectivity index (χ0v) is 13.1. The lowest BCUT2D eigenvalue weighted by atomic mass is 10.1. The van der Waals surface area contributed by atoms with Gasteiger partial charge in [0.15, 0.2) is 0 Å². The number of halogens is 1. The van der Waals surface area contributed by atoms with Gasteiger partial charge in [0, 0.05) is 15.9 Å². The molecule has 0 aliphatic heterocycles. The first kappa shape index (κ1) is 15.4. The van der Waals surface area contributed by atoms with Gasteiger partial charge in [0.1, 0.15) is 11.4 Å². The largest absolute Gasteiger partial charge is 0.494 e. The number of hydrogen-bond donors (Lipinski definition) is 2. The van der Waals surface area contributed by atoms with Gasteiger partial charge < -0.3 is 14.8 Å². The molecule has 3 aromatic rings. The van der Waals surface area contributed by atoms with Gasteiger partial charge in [-0.15, -0.1) is 0 Å². The van der Waals surface area contributed by atoms with Gasteiger partial charge in [-0.05, 0) is 42.7 Å². The lowest BCUT2D eigenvalue weighted by Crippen LogP contribution is -2.04. The minimum Gasteiger partial charge on any atom is -0.494 e. The Balaban J connectivity index is 1.69. The number of aromatic amines is 1. The first-order valence-corrected chi connectivity index (χ1v) is 7.74. The third-order valence-corrected chi connectivity index (χ3v) is 3.90. The average Bonchev–Trinajstić information content (AvgIpc) is 2.91. The number of aryl methyl sites for hydroxylation is 1. The summed E-state index contributed by atoms with van der Waals surface area (Å²) in [6.45, 7) is 0.499. The number of aromatic carboxylic acids is 1. The van der Waals surface area contributed by atoms with Gasteiger partial charge in [0.2, 0.25) is 0 Å². The second kappa shape index (κ2) is 6.75. The van der Waals surface area contributed by atoms with Crippen LogP contribution in [0.25, 0.3) is 10.9 Å². The number of carboxylic acids is 1. The highest BCUT2D eigenvalue weighted by Crippen LogP contribution is 2.24. The van der Waals surface area contributed by atoms with Crippen LogP contribution in [0.1, 0.15) is 22.5 Å². The van der Waals surface area contributed by atoms with Crippen molar-refractivity contribution in [1.82, 2.24) is 4.98 Å². The van der Waals surface area contributed by atoms with Gasteiger partial charge in [-0.1, -0.05) is 35.9 Å². The van der Waals surface area contributed by atoms with E-state index in [1.807, 2.05) is 36.4 Å². The second-order valence-corrected chi connectivity index (χ2v) is 5.68. The van der Waals surface area contributed by atoms with E-state index in [4.69, 9.17) is 16.3 Å². The Bertz CT molecular complexity index is 841. The van der Waals surface area contributed by atoms with Crippen LogP contribution in [-0.2, 0) is 6.42 Å². The van der Waals surface area contributed by atoms with Gasteiger partial charge in [-0.3, -0.25) is 0 Å². The summed E-state index contributed by atoms with van der Waals surface area (Å²) in [7, 11) is 0. The molecule has 0 saturated carbocycles. The summed E-state index contributed by atoms with van der Waals surface area (Å²) in [5, 5.41) is 10.9. The molecule has 0 unspecified atom stereocenters. The zero-order chi connectivity index (χ0) is 16.2. The molecular formula is C18H16ClNO3. The van der Waals surface area contributed by atoms with E-state index in [2.05, 4.69) is 4.98 Å². The van der Waals surface area contributed by atoms with Crippen molar-refractivity contribution in [2.75, 3.05) is 6.61 Å². The van der Waals surface area contributed by atoms with Crippen LogP contribution in [0.3, 0.4) is 0 Å². The highest BCUT2D eigenvalue weighted by molar-refractivity contribution is 6.30. The molecule has 0 fully saturated rings. The van der Waals surface area contributed by atoms with E-state index >= 15 is 0 Å². The molecule has 3 rings (SSSR count). The molecule has 4 nitrogen and oxygen atoms in total. The maximum Gasteiger partial charge on any atom is 0.352 e. The van der Waals surface area contributed by atoms with Crippen LogP contribution in [0, 0.1) is 0 Å². The van der Waals surface area contributed by atoms with Gasteiger partial charge in [0.05, 0.1) is 6.61 Å². The van der Waals surface area contributed by atoms with Crippen LogP contribution in [0.4, 0.5) is 0 Å². The summed E-state index contributed by atoms with van der Waals surface area (Å²) in [5.74, 6) is -0.221. The Morgan fingerprint density at radius 3 is 2.78 bits per heavy atom. The molecule has 0 aliphatic carbocycles. The summed E-state index contributed by atoms with van der Waals surface area (Å²) in [6.07, 6.45) is 1.35. The normalized spacial score (nSPS) is 10.8. The van der Waals surface area contributed by atoms with Crippen LogP contribution < -0.4 is 4.74 Å². The second-order valence-electron chi connectivity index (χ2n) is 5.24. The van der Waals surface area contributed by atoms with Crippen molar-refractivity contribution in [1.29, 1.82) is 0 Å². The van der Waals surface area contributed by atoms with Crippen molar-refractivity contribution in [3.8, 4) is 5.75 Å². The van der Waals surface area contributed by atoms with Crippen LogP contribution in [0.2, 0.25) is 5.02 Å². The van der Waals surface area contributed by atoms with Crippen molar-refractivity contribution in [2.24, 2.45) is 0 Å². The Labute approximate surface area is 138 Å². The maximum absolute atomic E-state index is 11.4. The predicted molar refractivity (Wildman–Crippen MR) is 90.5 cm³/mol. The number of nitrogens with one attached hydrogen (secondary N) is 1. The number of para-hydroxylation sites is 1. The maximum atomic E-state index is 11.4. The molecule has 0 amide bonds. The number of carbonyl (C=O) groups is 1. The summed E-state index contributed by atoms with van der Waals surface area (Å²) in [4.78, 5) is 14.4. The van der Waals surface area contributed by atoms with E-state index in [1.54, 1.807) is 12.1 Å². The van der Waals surface area contributed by atoms with E-state index in [0.717, 1.165) is 22.2 Å². The molecule has 118 valence electrons. The number of benzene rings is 2. The van der Waals surface area contributed by atoms with E-state index in [1.165, 1.54) is 0 Å². The van der Waals surface area contributed by atoms with E-state index in [9.17, 15) is 9.90 Å². The number of hydrogen-bond acceptors (Lipinski definition) is 2. The van der Waals surface area contributed by atoms with E-state index < -0.39 is 5.97 Å².